The molecule has 1 saturated carbocycles. The van der Waals surface area contributed by atoms with Gasteiger partial charge in [-0.15, -0.1) is 0 Å². The zero-order valence-electron chi connectivity index (χ0n) is 7.43. The molecule has 0 aromatic heterocycles. The summed E-state index contributed by atoms with van der Waals surface area (Å²) >= 11 is 0. The summed E-state index contributed by atoms with van der Waals surface area (Å²) in [5, 5.41) is 0. The highest BCUT2D eigenvalue weighted by Gasteiger charge is 2.35. The standard InChI is InChI=1S/C7H13N.C2H6/c1-8-4-6-2-7(3-6)5-8;1-2/h6-7H,2-5H2,1H3;1-2H3. The molecule has 2 aliphatic heterocycles. The molecule has 0 radical (unpaired) electrons. The fraction of sp³-hybridized carbons (Fsp3) is 1.00. The third kappa shape index (κ3) is 1.51. The Morgan fingerprint density at radius 2 is 1.40 bits per heavy atom. The quantitative estimate of drug-likeness (QED) is 0.498. The second-order valence-corrected chi connectivity index (χ2v) is 3.42. The van der Waals surface area contributed by atoms with E-state index < -0.39 is 0 Å². The number of hydrogen-bond acceptors (Lipinski definition) is 1. The molecule has 0 amide bonds. The van der Waals surface area contributed by atoms with Crippen LogP contribution in [-0.2, 0) is 0 Å². The van der Waals surface area contributed by atoms with Crippen LogP contribution in [0.15, 0.2) is 0 Å². The van der Waals surface area contributed by atoms with Crippen molar-refractivity contribution in [1.82, 2.24) is 4.90 Å². The van der Waals surface area contributed by atoms with Crippen LogP contribution in [0.25, 0.3) is 0 Å². The van der Waals surface area contributed by atoms with Crippen molar-refractivity contribution >= 4 is 0 Å². The van der Waals surface area contributed by atoms with Crippen LogP contribution in [-0.4, -0.2) is 25.0 Å². The molecular formula is C9H19N. The summed E-state index contributed by atoms with van der Waals surface area (Å²) in [6.07, 6.45) is 3.06. The van der Waals surface area contributed by atoms with E-state index in [1.807, 2.05) is 13.8 Å². The molecule has 0 aromatic rings. The Hall–Kier alpha value is -0.0400. The lowest BCUT2D eigenvalue weighted by molar-refractivity contribution is 0.0443. The van der Waals surface area contributed by atoms with Gasteiger partial charge in [-0.05, 0) is 31.7 Å². The topological polar surface area (TPSA) is 3.24 Å². The van der Waals surface area contributed by atoms with E-state index in [0.29, 0.717) is 0 Å². The molecule has 0 N–H and O–H groups in total. The van der Waals surface area contributed by atoms with Gasteiger partial charge in [-0.3, -0.25) is 0 Å². The minimum absolute atomic E-state index is 1.08. The first-order valence-corrected chi connectivity index (χ1v) is 4.53. The van der Waals surface area contributed by atoms with Gasteiger partial charge in [0.2, 0.25) is 0 Å². The first-order valence-electron chi connectivity index (χ1n) is 4.53. The average Bonchev–Trinajstić information content (AvgIpc) is 1.90. The normalized spacial score (nSPS) is 37.5. The number of hydrogen-bond donors (Lipinski definition) is 0. The third-order valence-electron chi connectivity index (χ3n) is 2.47. The van der Waals surface area contributed by atoms with Crippen molar-refractivity contribution in [2.45, 2.75) is 26.7 Å². The first kappa shape index (κ1) is 8.06. The first-order chi connectivity index (χ1) is 4.84. The largest absolute Gasteiger partial charge is 0.306 e. The van der Waals surface area contributed by atoms with Crippen molar-refractivity contribution in [3.05, 3.63) is 0 Å². The molecule has 3 fully saturated rings. The highest BCUT2D eigenvalue weighted by atomic mass is 15.1. The zero-order valence-corrected chi connectivity index (χ0v) is 7.43. The van der Waals surface area contributed by atoms with Crippen molar-refractivity contribution < 1.29 is 0 Å². The molecule has 3 aliphatic rings. The second-order valence-electron chi connectivity index (χ2n) is 3.42. The van der Waals surface area contributed by atoms with E-state index in [1.54, 1.807) is 0 Å². The van der Waals surface area contributed by atoms with Gasteiger partial charge in [-0.1, -0.05) is 13.8 Å². The van der Waals surface area contributed by atoms with Gasteiger partial charge in [0.25, 0.3) is 0 Å². The molecule has 60 valence electrons. The lowest BCUT2D eigenvalue weighted by Crippen LogP contribution is -2.46. The Balaban J connectivity index is 0.000000231. The van der Waals surface area contributed by atoms with Crippen molar-refractivity contribution in [3.63, 3.8) is 0 Å². The van der Waals surface area contributed by atoms with Crippen molar-refractivity contribution in [2.24, 2.45) is 11.8 Å². The maximum Gasteiger partial charge on any atom is 0.000694 e. The van der Waals surface area contributed by atoms with E-state index in [0.717, 1.165) is 11.8 Å². The van der Waals surface area contributed by atoms with E-state index in [4.69, 9.17) is 0 Å². The van der Waals surface area contributed by atoms with E-state index in [-0.39, 0.29) is 0 Å². The lowest BCUT2D eigenvalue weighted by Gasteiger charge is -2.45. The molecule has 0 atom stereocenters. The van der Waals surface area contributed by atoms with Crippen LogP contribution in [0.2, 0.25) is 0 Å². The van der Waals surface area contributed by atoms with E-state index >= 15 is 0 Å². The van der Waals surface area contributed by atoms with Gasteiger partial charge in [-0.25, -0.2) is 0 Å². The van der Waals surface area contributed by atoms with E-state index in [2.05, 4.69) is 11.9 Å². The molecule has 0 aromatic carbocycles. The zero-order chi connectivity index (χ0) is 7.56. The summed E-state index contributed by atoms with van der Waals surface area (Å²) in [6, 6.07) is 0. The number of fused-ring (bicyclic) bond motifs is 2. The lowest BCUT2D eigenvalue weighted by atomic mass is 9.71. The Morgan fingerprint density at radius 1 is 1.00 bits per heavy atom. The minimum atomic E-state index is 1.08. The van der Waals surface area contributed by atoms with Gasteiger partial charge in [0.15, 0.2) is 0 Å². The molecule has 10 heavy (non-hydrogen) atoms. The second kappa shape index (κ2) is 3.38. The predicted molar refractivity (Wildman–Crippen MR) is 45.1 cm³/mol. The maximum atomic E-state index is 2.46. The molecular weight excluding hydrogens is 122 g/mol. The molecule has 1 heteroatoms. The highest BCUT2D eigenvalue weighted by Crippen LogP contribution is 2.38. The van der Waals surface area contributed by atoms with Crippen molar-refractivity contribution in [3.8, 4) is 0 Å². The predicted octanol–water partition coefficient (Wildman–Crippen LogP) is 1.98. The van der Waals surface area contributed by atoms with Gasteiger partial charge in [0.1, 0.15) is 0 Å². The van der Waals surface area contributed by atoms with Crippen LogP contribution in [0, 0.1) is 11.8 Å². The Labute approximate surface area is 64.4 Å². The molecule has 1 aliphatic carbocycles. The average molecular weight is 141 g/mol. The van der Waals surface area contributed by atoms with Gasteiger partial charge in [0.05, 0.1) is 0 Å². The molecule has 2 heterocycles. The van der Waals surface area contributed by atoms with Crippen LogP contribution in [0.5, 0.6) is 0 Å². The van der Waals surface area contributed by atoms with E-state index in [1.165, 1.54) is 25.9 Å². The summed E-state index contributed by atoms with van der Waals surface area (Å²) in [6.45, 7) is 6.74. The summed E-state index contributed by atoms with van der Waals surface area (Å²) in [5.74, 6) is 2.16. The van der Waals surface area contributed by atoms with Crippen LogP contribution in [0.4, 0.5) is 0 Å². The van der Waals surface area contributed by atoms with Gasteiger partial charge >= 0.3 is 0 Å². The Bertz CT molecular complexity index is 84.9. The fourth-order valence-electron chi connectivity index (χ4n) is 2.13. The van der Waals surface area contributed by atoms with Crippen LogP contribution >= 0.6 is 0 Å². The SMILES string of the molecule is CC.CN1CC2CC(C2)C1. The highest BCUT2D eigenvalue weighted by molar-refractivity contribution is 4.87. The summed E-state index contributed by atoms with van der Waals surface area (Å²) in [7, 11) is 2.23. The molecule has 2 bridgehead atoms. The summed E-state index contributed by atoms with van der Waals surface area (Å²) in [5.41, 5.74) is 0. The van der Waals surface area contributed by atoms with Gasteiger partial charge in [-0.2, -0.15) is 0 Å². The molecule has 3 rings (SSSR count). The summed E-state index contributed by atoms with van der Waals surface area (Å²) in [4.78, 5) is 2.46. The molecule has 2 saturated heterocycles. The number of nitrogens with zero attached hydrogens (tertiary/aromatic N) is 1. The van der Waals surface area contributed by atoms with Crippen LogP contribution in [0.3, 0.4) is 0 Å². The van der Waals surface area contributed by atoms with E-state index in [9.17, 15) is 0 Å². The Morgan fingerprint density at radius 3 is 1.60 bits per heavy atom. The molecule has 0 unspecified atom stereocenters. The van der Waals surface area contributed by atoms with Crippen molar-refractivity contribution in [1.29, 1.82) is 0 Å². The van der Waals surface area contributed by atoms with Gasteiger partial charge < -0.3 is 4.90 Å². The van der Waals surface area contributed by atoms with Crippen molar-refractivity contribution in [2.75, 3.05) is 20.1 Å². The third-order valence-corrected chi connectivity index (χ3v) is 2.47. The number of piperidine rings is 2. The monoisotopic (exact) mass is 141 g/mol. The Kier molecular flexibility index (Phi) is 2.72. The minimum Gasteiger partial charge on any atom is -0.306 e. The van der Waals surface area contributed by atoms with Crippen LogP contribution in [0.1, 0.15) is 26.7 Å². The molecule has 0 spiro atoms. The summed E-state index contributed by atoms with van der Waals surface area (Å²) < 4.78 is 0. The molecule has 1 nitrogen and oxygen atoms in total. The van der Waals surface area contributed by atoms with Gasteiger partial charge in [0, 0.05) is 13.1 Å². The maximum absolute atomic E-state index is 2.46. The van der Waals surface area contributed by atoms with Crippen LogP contribution < -0.4 is 0 Å². The fourth-order valence-corrected chi connectivity index (χ4v) is 2.13. The number of rotatable bonds is 0. The smallest absolute Gasteiger partial charge is 0.000694 e.